The second-order valence-electron chi connectivity index (χ2n) is 10.6. The van der Waals surface area contributed by atoms with Gasteiger partial charge in [-0.3, -0.25) is 0 Å². The summed E-state index contributed by atoms with van der Waals surface area (Å²) in [5.41, 5.74) is 5.31. The van der Waals surface area contributed by atoms with Crippen LogP contribution in [0.4, 0.5) is 0 Å². The van der Waals surface area contributed by atoms with Crippen molar-refractivity contribution in [3.05, 3.63) is 65.2 Å². The fraction of sp³-hybridized carbons (Fsp3) is 0.657. The molecule has 2 unspecified atom stereocenters. The molecule has 2 aromatic carbocycles. The van der Waals surface area contributed by atoms with E-state index in [4.69, 9.17) is 4.74 Å². The first-order chi connectivity index (χ1) is 17.2. The van der Waals surface area contributed by atoms with Crippen molar-refractivity contribution in [2.45, 2.75) is 134 Å². The highest BCUT2D eigenvalue weighted by Crippen LogP contribution is 2.44. The Kier molecular flexibility index (Phi) is 19.6. The molecule has 4 rings (SSSR count). The Hall–Kier alpha value is -1.76. The van der Waals surface area contributed by atoms with Gasteiger partial charge in [-0.1, -0.05) is 139 Å². The van der Waals surface area contributed by atoms with E-state index in [1.165, 1.54) is 24.8 Å². The van der Waals surface area contributed by atoms with Gasteiger partial charge < -0.3 is 4.74 Å². The largest absolute Gasteiger partial charge is 0.493 e. The average molecular weight is 499 g/mol. The van der Waals surface area contributed by atoms with Gasteiger partial charge in [0, 0.05) is 0 Å². The van der Waals surface area contributed by atoms with E-state index in [9.17, 15) is 0 Å². The van der Waals surface area contributed by atoms with Crippen LogP contribution in [0.25, 0.3) is 0 Å². The second-order valence-corrected chi connectivity index (χ2v) is 10.6. The molecule has 1 aliphatic carbocycles. The van der Waals surface area contributed by atoms with Crippen molar-refractivity contribution in [3.8, 4) is 5.75 Å². The van der Waals surface area contributed by atoms with Crippen molar-refractivity contribution in [2.24, 2.45) is 10.8 Å². The van der Waals surface area contributed by atoms with Crippen LogP contribution < -0.4 is 4.74 Å². The minimum Gasteiger partial charge on any atom is -0.493 e. The molecule has 0 spiro atoms. The quantitative estimate of drug-likeness (QED) is 0.351. The summed E-state index contributed by atoms with van der Waals surface area (Å²) >= 11 is 0. The third-order valence-corrected chi connectivity index (χ3v) is 6.42. The number of hydrogen-bond acceptors (Lipinski definition) is 1. The predicted octanol–water partition coefficient (Wildman–Crippen LogP) is 11.9. The molecule has 2 atom stereocenters. The van der Waals surface area contributed by atoms with Crippen LogP contribution in [0.5, 0.6) is 5.75 Å². The highest BCUT2D eigenvalue weighted by Gasteiger charge is 2.31. The van der Waals surface area contributed by atoms with Crippen molar-refractivity contribution in [1.82, 2.24) is 0 Å². The Labute approximate surface area is 227 Å². The Balaban J connectivity index is 0. The van der Waals surface area contributed by atoms with Crippen LogP contribution in [-0.2, 0) is 6.42 Å². The van der Waals surface area contributed by atoms with Crippen molar-refractivity contribution in [1.29, 1.82) is 0 Å². The molecule has 1 nitrogen and oxygen atoms in total. The van der Waals surface area contributed by atoms with E-state index in [1.807, 2.05) is 61.5 Å². The lowest BCUT2D eigenvalue weighted by molar-refractivity contribution is 0.204. The number of aryl methyl sites for hydroxylation is 1. The van der Waals surface area contributed by atoms with E-state index in [0.717, 1.165) is 24.7 Å². The predicted molar refractivity (Wildman–Crippen MR) is 166 cm³/mol. The molecule has 208 valence electrons. The molecule has 0 bridgehead atoms. The molecule has 0 saturated carbocycles. The summed E-state index contributed by atoms with van der Waals surface area (Å²) in [5.74, 6) is 2.47. The first-order valence-electron chi connectivity index (χ1n) is 15.0. The molecular weight excluding hydrogens is 436 g/mol. The fourth-order valence-corrected chi connectivity index (χ4v) is 4.90. The van der Waals surface area contributed by atoms with Crippen LogP contribution >= 0.6 is 0 Å². The number of ether oxygens (including phenoxy) is 1. The summed E-state index contributed by atoms with van der Waals surface area (Å²) in [6.45, 7) is 30.9. The van der Waals surface area contributed by atoms with Gasteiger partial charge in [0.1, 0.15) is 5.75 Å². The van der Waals surface area contributed by atoms with E-state index >= 15 is 0 Å². The number of benzene rings is 2. The van der Waals surface area contributed by atoms with Crippen LogP contribution in [0.3, 0.4) is 0 Å². The van der Waals surface area contributed by atoms with Crippen molar-refractivity contribution in [2.75, 3.05) is 6.61 Å². The molecule has 0 amide bonds. The molecule has 0 fully saturated rings. The van der Waals surface area contributed by atoms with Gasteiger partial charge >= 0.3 is 0 Å². The first kappa shape index (κ1) is 36.4. The highest BCUT2D eigenvalue weighted by atomic mass is 16.5. The number of fused-ring (bicyclic) bond motifs is 2. The Bertz CT molecular complexity index is 708. The van der Waals surface area contributed by atoms with Crippen LogP contribution in [0, 0.1) is 10.8 Å². The van der Waals surface area contributed by atoms with Gasteiger partial charge in [0.15, 0.2) is 0 Å². The lowest BCUT2D eigenvalue weighted by atomic mass is 9.69. The topological polar surface area (TPSA) is 9.23 Å². The molecule has 0 N–H and O–H groups in total. The van der Waals surface area contributed by atoms with Gasteiger partial charge in [0.2, 0.25) is 0 Å². The van der Waals surface area contributed by atoms with Crippen molar-refractivity contribution < 1.29 is 4.74 Å². The molecular formula is C35H62O. The number of para-hydroxylation sites is 1. The SMILES string of the molecule is CC.CC.CC.CC.CC(C)(C)C1CCCc2ccccc21.CC(C)(C)C1CCOc2ccccc21. The van der Waals surface area contributed by atoms with Gasteiger partial charge in [-0.15, -0.1) is 0 Å². The smallest absolute Gasteiger partial charge is 0.122 e. The standard InChI is InChI=1S/C14H20.C13H18O.4C2H6/c1-14(2,3)13-10-6-8-11-7-4-5-9-12(11)13;1-13(2,3)11-8-9-14-12-7-5-4-6-10(11)12;4*1-2/h4-5,7,9,13H,6,8,10H2,1-3H3;4-7,11H,8-9H2,1-3H3;4*1-2H3. The lowest BCUT2D eigenvalue weighted by Crippen LogP contribution is -2.24. The minimum atomic E-state index is 0.333. The monoisotopic (exact) mass is 498 g/mol. The molecule has 0 saturated heterocycles. The zero-order chi connectivity index (χ0) is 28.4. The minimum absolute atomic E-state index is 0.333. The Morgan fingerprint density at radius 3 is 1.56 bits per heavy atom. The van der Waals surface area contributed by atoms with E-state index < -0.39 is 0 Å². The average Bonchev–Trinajstić information content (AvgIpc) is 2.92. The first-order valence-corrected chi connectivity index (χ1v) is 15.0. The van der Waals surface area contributed by atoms with Crippen molar-refractivity contribution >= 4 is 0 Å². The molecule has 0 radical (unpaired) electrons. The summed E-state index contributed by atoms with van der Waals surface area (Å²) in [5, 5.41) is 0. The van der Waals surface area contributed by atoms with Crippen LogP contribution in [0.1, 0.15) is 145 Å². The molecule has 0 aromatic heterocycles. The summed E-state index contributed by atoms with van der Waals surface area (Å²) < 4.78 is 5.65. The number of rotatable bonds is 0. The lowest BCUT2D eigenvalue weighted by Gasteiger charge is -2.35. The molecule has 1 aliphatic heterocycles. The van der Waals surface area contributed by atoms with Gasteiger partial charge in [-0.25, -0.2) is 0 Å². The third kappa shape index (κ3) is 11.5. The molecule has 2 aliphatic rings. The van der Waals surface area contributed by atoms with Gasteiger partial charge in [0.05, 0.1) is 6.61 Å². The normalized spacial score (nSPS) is 17.4. The zero-order valence-electron chi connectivity index (χ0n) is 26.7. The van der Waals surface area contributed by atoms with E-state index in [1.54, 1.807) is 11.1 Å². The van der Waals surface area contributed by atoms with Crippen LogP contribution in [0.2, 0.25) is 0 Å². The summed E-state index contributed by atoms with van der Waals surface area (Å²) in [7, 11) is 0. The van der Waals surface area contributed by atoms with Gasteiger partial charge in [-0.05, 0) is 71.1 Å². The maximum absolute atomic E-state index is 5.65. The molecule has 1 heterocycles. The Morgan fingerprint density at radius 2 is 1.03 bits per heavy atom. The maximum Gasteiger partial charge on any atom is 0.122 e. The number of hydrogen-bond donors (Lipinski definition) is 0. The second kappa shape index (κ2) is 19.4. The van der Waals surface area contributed by atoms with Crippen LogP contribution in [0.15, 0.2) is 48.5 Å². The third-order valence-electron chi connectivity index (χ3n) is 6.42. The van der Waals surface area contributed by atoms with E-state index in [-0.39, 0.29) is 0 Å². The van der Waals surface area contributed by atoms with Crippen molar-refractivity contribution in [3.63, 3.8) is 0 Å². The summed E-state index contributed by atoms with van der Waals surface area (Å²) in [4.78, 5) is 0. The molecule has 36 heavy (non-hydrogen) atoms. The summed E-state index contributed by atoms with van der Waals surface area (Å²) in [6.07, 6.45) is 5.14. The van der Waals surface area contributed by atoms with Gasteiger partial charge in [-0.2, -0.15) is 0 Å². The molecule has 2 aromatic rings. The van der Waals surface area contributed by atoms with Gasteiger partial charge in [0.25, 0.3) is 0 Å². The summed E-state index contributed by atoms with van der Waals surface area (Å²) in [6, 6.07) is 17.4. The highest BCUT2D eigenvalue weighted by molar-refractivity contribution is 5.38. The van der Waals surface area contributed by atoms with Crippen LogP contribution in [-0.4, -0.2) is 6.61 Å². The Morgan fingerprint density at radius 1 is 0.583 bits per heavy atom. The van der Waals surface area contributed by atoms with E-state index in [2.05, 4.69) is 84.0 Å². The molecule has 1 heteroatoms. The fourth-order valence-electron chi connectivity index (χ4n) is 4.90. The van der Waals surface area contributed by atoms with E-state index in [0.29, 0.717) is 16.7 Å². The maximum atomic E-state index is 5.65. The zero-order valence-corrected chi connectivity index (χ0v) is 26.7.